The van der Waals surface area contributed by atoms with Crippen LogP contribution in [0, 0.1) is 13.8 Å². The first-order chi connectivity index (χ1) is 15.3. The van der Waals surface area contributed by atoms with Gasteiger partial charge in [-0.25, -0.2) is 14.8 Å². The molecule has 4 rings (SSSR count). The fourth-order valence-electron chi connectivity index (χ4n) is 3.01. The summed E-state index contributed by atoms with van der Waals surface area (Å²) in [5.74, 6) is -0.108. The van der Waals surface area contributed by atoms with Gasteiger partial charge in [-0.05, 0) is 24.4 Å². The highest BCUT2D eigenvalue weighted by Crippen LogP contribution is 2.27. The second-order valence-corrected chi connectivity index (χ2v) is 7.95. The quantitative estimate of drug-likeness (QED) is 0.326. The van der Waals surface area contributed by atoms with Crippen molar-refractivity contribution < 1.29 is 19.2 Å². The van der Waals surface area contributed by atoms with Crippen molar-refractivity contribution in [3.63, 3.8) is 0 Å². The molecule has 0 bridgehead atoms. The molecular weight excluding hydrogens is 434 g/mol. The molecule has 164 valence electrons. The number of amides is 1. The number of rotatable bonds is 7. The third kappa shape index (κ3) is 4.40. The van der Waals surface area contributed by atoms with Crippen molar-refractivity contribution in [1.82, 2.24) is 20.1 Å². The first-order valence-corrected chi connectivity index (χ1v) is 10.3. The van der Waals surface area contributed by atoms with Gasteiger partial charge in [0.15, 0.2) is 5.13 Å². The van der Waals surface area contributed by atoms with E-state index in [0.29, 0.717) is 23.2 Å². The normalized spacial score (nSPS) is 12.0. The number of aromatic carboxylic acids is 1. The third-order valence-electron chi connectivity index (χ3n) is 4.60. The van der Waals surface area contributed by atoms with E-state index in [9.17, 15) is 9.59 Å². The zero-order valence-electron chi connectivity index (χ0n) is 17.1. The maximum Gasteiger partial charge on any atom is 0.347 e. The van der Waals surface area contributed by atoms with Crippen molar-refractivity contribution in [3.05, 3.63) is 46.9 Å². The van der Waals surface area contributed by atoms with Gasteiger partial charge in [0.2, 0.25) is 17.6 Å². The molecule has 5 N–H and O–H groups in total. The van der Waals surface area contributed by atoms with Crippen LogP contribution >= 0.6 is 11.3 Å². The molecular formula is C20H19N7O4S. The van der Waals surface area contributed by atoms with Gasteiger partial charge in [0, 0.05) is 30.6 Å². The lowest BCUT2D eigenvalue weighted by molar-refractivity contribution is -0.117. The van der Waals surface area contributed by atoms with Gasteiger partial charge >= 0.3 is 5.97 Å². The summed E-state index contributed by atoms with van der Waals surface area (Å²) in [6.07, 6.45) is 1.65. The van der Waals surface area contributed by atoms with Gasteiger partial charge in [-0.3, -0.25) is 4.79 Å². The van der Waals surface area contributed by atoms with E-state index in [1.54, 1.807) is 20.0 Å². The number of pyridine rings is 1. The molecule has 0 saturated heterocycles. The zero-order valence-corrected chi connectivity index (χ0v) is 17.9. The number of hydrogen-bond acceptors (Lipinski definition) is 10. The molecule has 11 nitrogen and oxygen atoms in total. The van der Waals surface area contributed by atoms with Gasteiger partial charge in [-0.2, -0.15) is 4.98 Å². The maximum atomic E-state index is 12.4. The average molecular weight is 453 g/mol. The molecule has 32 heavy (non-hydrogen) atoms. The van der Waals surface area contributed by atoms with E-state index in [1.807, 2.05) is 24.3 Å². The van der Waals surface area contributed by atoms with E-state index >= 15 is 0 Å². The lowest BCUT2D eigenvalue weighted by atomic mass is 10.1. The number of hydrogen-bond donors (Lipinski definition) is 4. The van der Waals surface area contributed by atoms with Crippen molar-refractivity contribution in [2.24, 2.45) is 5.73 Å². The summed E-state index contributed by atoms with van der Waals surface area (Å²) in [5, 5.41) is 20.6. The Labute approximate surface area is 185 Å². The number of aryl methyl sites for hydroxylation is 2. The van der Waals surface area contributed by atoms with Crippen molar-refractivity contribution in [2.45, 2.75) is 19.9 Å². The number of carboxylic acids is 1. The van der Waals surface area contributed by atoms with Crippen LogP contribution in [0.1, 0.15) is 21.3 Å². The average Bonchev–Trinajstić information content (AvgIpc) is 3.36. The fraction of sp³-hybridized carbons (Fsp3) is 0.200. The second-order valence-electron chi connectivity index (χ2n) is 6.95. The minimum atomic E-state index is -1.09. The summed E-state index contributed by atoms with van der Waals surface area (Å²) < 4.78 is 5.05. The van der Waals surface area contributed by atoms with Crippen LogP contribution in [0.25, 0.3) is 22.2 Å². The Balaban J connectivity index is 1.47. The van der Waals surface area contributed by atoms with Crippen LogP contribution in [0.4, 0.5) is 10.9 Å². The molecule has 1 aromatic carbocycles. The molecule has 4 aromatic rings. The van der Waals surface area contributed by atoms with Crippen LogP contribution in [0.15, 0.2) is 35.0 Å². The van der Waals surface area contributed by atoms with Crippen LogP contribution in [0.2, 0.25) is 0 Å². The molecule has 0 fully saturated rings. The lowest BCUT2D eigenvalue weighted by Gasteiger charge is -2.14. The standard InChI is InChI=1S/C20H19N7O4S/c1-9-15(19(29)30)32-20(24-9)26-18(28)14(21)8-23-17-13-7-12(16-25-10(2)31-27-16)4-3-11(13)5-6-22-17/h3-7,14H,8,21H2,1-2H3,(H,22,23)(H,29,30)(H,24,26,28). The minimum Gasteiger partial charge on any atom is -0.477 e. The zero-order chi connectivity index (χ0) is 22.8. The molecule has 0 aliphatic heterocycles. The predicted octanol–water partition coefficient (Wildman–Crippen LogP) is 2.43. The van der Waals surface area contributed by atoms with Gasteiger partial charge in [0.1, 0.15) is 16.7 Å². The lowest BCUT2D eigenvalue weighted by Crippen LogP contribution is -2.41. The number of carbonyl (C=O) groups is 2. The maximum absolute atomic E-state index is 12.4. The third-order valence-corrected chi connectivity index (χ3v) is 5.66. The Morgan fingerprint density at radius 2 is 2.06 bits per heavy atom. The minimum absolute atomic E-state index is 0.0690. The predicted molar refractivity (Wildman–Crippen MR) is 119 cm³/mol. The summed E-state index contributed by atoms with van der Waals surface area (Å²) in [4.78, 5) is 36.3. The van der Waals surface area contributed by atoms with Crippen LogP contribution in [-0.4, -0.2) is 49.7 Å². The number of carbonyl (C=O) groups excluding carboxylic acids is 1. The van der Waals surface area contributed by atoms with E-state index in [2.05, 4.69) is 30.7 Å². The summed E-state index contributed by atoms with van der Waals surface area (Å²) in [6, 6.07) is 6.63. The largest absolute Gasteiger partial charge is 0.477 e. The molecule has 3 heterocycles. The van der Waals surface area contributed by atoms with Crippen molar-refractivity contribution >= 4 is 44.9 Å². The van der Waals surface area contributed by atoms with Crippen molar-refractivity contribution in [2.75, 3.05) is 17.2 Å². The number of carboxylic acid groups (broad SMARTS) is 1. The van der Waals surface area contributed by atoms with Gasteiger partial charge in [0.25, 0.3) is 0 Å². The van der Waals surface area contributed by atoms with Gasteiger partial charge in [-0.15, -0.1) is 0 Å². The highest BCUT2D eigenvalue weighted by atomic mass is 32.1. The number of anilines is 2. The van der Waals surface area contributed by atoms with Crippen LogP contribution in [-0.2, 0) is 4.79 Å². The monoisotopic (exact) mass is 453 g/mol. The number of nitrogens with zero attached hydrogens (tertiary/aromatic N) is 4. The first kappa shape index (κ1) is 21.3. The number of nitrogens with one attached hydrogen (secondary N) is 2. The van der Waals surface area contributed by atoms with E-state index < -0.39 is 17.9 Å². The number of fused-ring (bicyclic) bond motifs is 1. The number of aromatic nitrogens is 4. The molecule has 0 aliphatic rings. The highest BCUT2D eigenvalue weighted by molar-refractivity contribution is 7.17. The van der Waals surface area contributed by atoms with Gasteiger partial charge < -0.3 is 26.0 Å². The number of thiazole rings is 1. The fourth-order valence-corrected chi connectivity index (χ4v) is 3.82. The molecule has 1 amide bonds. The molecule has 0 spiro atoms. The Kier molecular flexibility index (Phi) is 5.79. The molecule has 12 heteroatoms. The first-order valence-electron chi connectivity index (χ1n) is 9.52. The van der Waals surface area contributed by atoms with E-state index in [0.717, 1.165) is 27.7 Å². The number of benzene rings is 1. The molecule has 0 saturated carbocycles. The van der Waals surface area contributed by atoms with E-state index in [4.69, 9.17) is 15.4 Å². The van der Waals surface area contributed by atoms with E-state index in [-0.39, 0.29) is 16.6 Å². The van der Waals surface area contributed by atoms with Gasteiger partial charge in [-0.1, -0.05) is 28.6 Å². The Hall–Kier alpha value is -3.90. The topological polar surface area (TPSA) is 169 Å². The molecule has 1 atom stereocenters. The van der Waals surface area contributed by atoms with Crippen LogP contribution in [0.3, 0.4) is 0 Å². The smallest absolute Gasteiger partial charge is 0.347 e. The molecule has 0 radical (unpaired) electrons. The van der Waals surface area contributed by atoms with Crippen molar-refractivity contribution in [3.8, 4) is 11.4 Å². The Morgan fingerprint density at radius 3 is 2.75 bits per heavy atom. The SMILES string of the molecule is Cc1nc(-c2ccc3ccnc(NCC(N)C(=O)Nc4nc(C)c(C(=O)O)s4)c3c2)no1. The summed E-state index contributed by atoms with van der Waals surface area (Å²) in [7, 11) is 0. The Bertz CT molecular complexity index is 1320. The molecule has 3 aromatic heterocycles. The van der Waals surface area contributed by atoms with E-state index in [1.165, 1.54) is 0 Å². The Morgan fingerprint density at radius 1 is 1.25 bits per heavy atom. The summed E-state index contributed by atoms with van der Waals surface area (Å²) >= 11 is 0.880. The highest BCUT2D eigenvalue weighted by Gasteiger charge is 2.19. The van der Waals surface area contributed by atoms with Gasteiger partial charge in [0.05, 0.1) is 5.69 Å². The van der Waals surface area contributed by atoms with Crippen molar-refractivity contribution in [1.29, 1.82) is 0 Å². The number of nitrogens with two attached hydrogens (primary N) is 1. The molecule has 0 aliphatic carbocycles. The van der Waals surface area contributed by atoms with Crippen LogP contribution < -0.4 is 16.4 Å². The van der Waals surface area contributed by atoms with Crippen LogP contribution in [0.5, 0.6) is 0 Å². The summed E-state index contributed by atoms with van der Waals surface area (Å²) in [5.41, 5.74) is 7.11. The summed E-state index contributed by atoms with van der Waals surface area (Å²) in [6.45, 7) is 3.38. The second kappa shape index (κ2) is 8.69. The molecule has 1 unspecified atom stereocenters.